The van der Waals surface area contributed by atoms with Crippen molar-refractivity contribution in [1.29, 1.82) is 0 Å². The summed E-state index contributed by atoms with van der Waals surface area (Å²) in [4.78, 5) is 19.5. The lowest BCUT2D eigenvalue weighted by Crippen LogP contribution is -2.44. The van der Waals surface area contributed by atoms with Gasteiger partial charge in [0.2, 0.25) is 0 Å². The Kier molecular flexibility index (Phi) is 5.62. The fourth-order valence-electron chi connectivity index (χ4n) is 3.88. The summed E-state index contributed by atoms with van der Waals surface area (Å²) in [5, 5.41) is 3.59. The lowest BCUT2D eigenvalue weighted by atomic mass is 9.97. The molecule has 0 radical (unpaired) electrons. The predicted molar refractivity (Wildman–Crippen MR) is 99.8 cm³/mol. The van der Waals surface area contributed by atoms with Crippen molar-refractivity contribution in [2.75, 3.05) is 11.4 Å². The molecule has 0 aromatic carbocycles. The second-order valence-electron chi connectivity index (χ2n) is 8.21. The summed E-state index contributed by atoms with van der Waals surface area (Å²) in [6.45, 7) is 6.77. The van der Waals surface area contributed by atoms with Crippen LogP contribution in [0.25, 0.3) is 0 Å². The van der Waals surface area contributed by atoms with E-state index in [0.717, 1.165) is 50.0 Å². The SMILES string of the molecule is CC(C)(C)OC(=O)N(c1ncccc1[C@H]1CCCCN1)C1CCCC1. The van der Waals surface area contributed by atoms with Crippen LogP contribution < -0.4 is 10.2 Å². The molecule has 1 saturated carbocycles. The molecule has 138 valence electrons. The van der Waals surface area contributed by atoms with Crippen molar-refractivity contribution in [3.05, 3.63) is 23.9 Å². The first-order valence-electron chi connectivity index (χ1n) is 9.66. The van der Waals surface area contributed by atoms with Crippen LogP contribution in [0.4, 0.5) is 10.6 Å². The number of piperidine rings is 1. The maximum atomic E-state index is 13.0. The number of anilines is 1. The van der Waals surface area contributed by atoms with Gasteiger partial charge in [-0.05, 0) is 59.1 Å². The van der Waals surface area contributed by atoms with Crippen LogP contribution in [-0.4, -0.2) is 29.3 Å². The Labute approximate surface area is 151 Å². The third-order valence-electron chi connectivity index (χ3n) is 5.01. The molecule has 2 heterocycles. The largest absolute Gasteiger partial charge is 0.443 e. The van der Waals surface area contributed by atoms with Gasteiger partial charge in [0, 0.05) is 23.8 Å². The van der Waals surface area contributed by atoms with Crippen LogP contribution in [0.15, 0.2) is 18.3 Å². The number of pyridine rings is 1. The quantitative estimate of drug-likeness (QED) is 0.871. The fraction of sp³-hybridized carbons (Fsp3) is 0.700. The minimum absolute atomic E-state index is 0.187. The first-order valence-corrected chi connectivity index (χ1v) is 9.66. The molecule has 2 fully saturated rings. The monoisotopic (exact) mass is 345 g/mol. The standard InChI is InChI=1S/C20H31N3O2/c1-20(2,3)25-19(24)23(15-9-4-5-10-15)18-16(11-8-14-22-18)17-12-6-7-13-21-17/h8,11,14-15,17,21H,4-7,9-10,12-13H2,1-3H3/t17-/m1/s1. The van der Waals surface area contributed by atoms with Crippen LogP contribution in [0.2, 0.25) is 0 Å². The lowest BCUT2D eigenvalue weighted by Gasteiger charge is -2.34. The van der Waals surface area contributed by atoms with Gasteiger partial charge in [0.05, 0.1) is 0 Å². The van der Waals surface area contributed by atoms with Gasteiger partial charge in [-0.15, -0.1) is 0 Å². The van der Waals surface area contributed by atoms with E-state index >= 15 is 0 Å². The Balaban J connectivity index is 1.94. The number of nitrogens with zero attached hydrogens (tertiary/aromatic N) is 2. The summed E-state index contributed by atoms with van der Waals surface area (Å²) in [7, 11) is 0. The van der Waals surface area contributed by atoms with Gasteiger partial charge in [-0.25, -0.2) is 9.78 Å². The molecule has 1 N–H and O–H groups in total. The summed E-state index contributed by atoms with van der Waals surface area (Å²) in [6.07, 6.45) is 9.39. The molecule has 1 saturated heterocycles. The van der Waals surface area contributed by atoms with Crippen LogP contribution in [0.1, 0.15) is 77.3 Å². The Morgan fingerprint density at radius 2 is 1.92 bits per heavy atom. The first kappa shape index (κ1) is 18.2. The summed E-state index contributed by atoms with van der Waals surface area (Å²) >= 11 is 0. The van der Waals surface area contributed by atoms with Crippen molar-refractivity contribution >= 4 is 11.9 Å². The van der Waals surface area contributed by atoms with Gasteiger partial charge in [0.15, 0.2) is 0 Å². The highest BCUT2D eigenvalue weighted by atomic mass is 16.6. The van der Waals surface area contributed by atoms with Crippen LogP contribution in [-0.2, 0) is 4.74 Å². The summed E-state index contributed by atoms with van der Waals surface area (Å²) in [6, 6.07) is 4.53. The lowest BCUT2D eigenvalue weighted by molar-refractivity contribution is 0.0564. The molecule has 0 unspecified atom stereocenters. The summed E-state index contributed by atoms with van der Waals surface area (Å²) < 4.78 is 5.74. The number of nitrogens with one attached hydrogen (secondary N) is 1. The molecule has 1 aliphatic heterocycles. The third-order valence-corrected chi connectivity index (χ3v) is 5.01. The molecular weight excluding hydrogens is 314 g/mol. The van der Waals surface area contributed by atoms with Crippen molar-refractivity contribution in [1.82, 2.24) is 10.3 Å². The first-order chi connectivity index (χ1) is 12.0. The number of carbonyl (C=O) groups excluding carboxylic acids is 1. The average Bonchev–Trinajstić information content (AvgIpc) is 3.09. The molecule has 5 heteroatoms. The van der Waals surface area contributed by atoms with E-state index in [4.69, 9.17) is 4.74 Å². The number of ether oxygens (including phenoxy) is 1. The van der Waals surface area contributed by atoms with Crippen molar-refractivity contribution in [3.63, 3.8) is 0 Å². The molecule has 1 amide bonds. The summed E-state index contributed by atoms with van der Waals surface area (Å²) in [5.41, 5.74) is 0.617. The fourth-order valence-corrected chi connectivity index (χ4v) is 3.88. The maximum Gasteiger partial charge on any atom is 0.416 e. The Morgan fingerprint density at radius 3 is 2.56 bits per heavy atom. The van der Waals surface area contributed by atoms with E-state index in [1.807, 2.05) is 31.7 Å². The highest BCUT2D eigenvalue weighted by molar-refractivity contribution is 5.88. The predicted octanol–water partition coefficient (Wildman–Crippen LogP) is 4.58. The highest BCUT2D eigenvalue weighted by Gasteiger charge is 2.35. The summed E-state index contributed by atoms with van der Waals surface area (Å²) in [5.74, 6) is 0.781. The molecule has 1 atom stereocenters. The number of rotatable bonds is 3. The molecule has 2 aliphatic rings. The molecule has 1 aromatic heterocycles. The molecule has 0 spiro atoms. The van der Waals surface area contributed by atoms with Gasteiger partial charge >= 0.3 is 6.09 Å². The van der Waals surface area contributed by atoms with Crippen LogP contribution in [0, 0.1) is 0 Å². The Morgan fingerprint density at radius 1 is 1.20 bits per heavy atom. The minimum atomic E-state index is -0.508. The van der Waals surface area contributed by atoms with Crippen LogP contribution in [0.5, 0.6) is 0 Å². The third kappa shape index (κ3) is 4.51. The van der Waals surface area contributed by atoms with Crippen molar-refractivity contribution < 1.29 is 9.53 Å². The highest BCUT2D eigenvalue weighted by Crippen LogP contribution is 2.35. The van der Waals surface area contributed by atoms with Gasteiger partial charge in [0.1, 0.15) is 11.4 Å². The zero-order valence-corrected chi connectivity index (χ0v) is 15.8. The van der Waals surface area contributed by atoms with E-state index in [0.29, 0.717) is 0 Å². The van der Waals surface area contributed by atoms with Gasteiger partial charge in [-0.1, -0.05) is 25.3 Å². The molecule has 3 rings (SSSR count). The second kappa shape index (κ2) is 7.73. The molecular formula is C20H31N3O2. The smallest absolute Gasteiger partial charge is 0.416 e. The molecule has 1 aliphatic carbocycles. The van der Waals surface area contributed by atoms with Crippen LogP contribution >= 0.6 is 0 Å². The van der Waals surface area contributed by atoms with E-state index in [-0.39, 0.29) is 18.2 Å². The number of amides is 1. The zero-order valence-electron chi connectivity index (χ0n) is 15.8. The van der Waals surface area contributed by atoms with Gasteiger partial charge in [0.25, 0.3) is 0 Å². The van der Waals surface area contributed by atoms with E-state index in [1.165, 1.54) is 12.8 Å². The molecule has 0 bridgehead atoms. The molecule has 1 aromatic rings. The van der Waals surface area contributed by atoms with E-state index in [2.05, 4.69) is 16.4 Å². The van der Waals surface area contributed by atoms with Crippen molar-refractivity contribution in [2.45, 2.75) is 83.4 Å². The van der Waals surface area contributed by atoms with E-state index in [9.17, 15) is 4.79 Å². The van der Waals surface area contributed by atoms with Crippen molar-refractivity contribution in [3.8, 4) is 0 Å². The van der Waals surface area contributed by atoms with Gasteiger partial charge < -0.3 is 10.1 Å². The Hall–Kier alpha value is -1.62. The molecule has 25 heavy (non-hydrogen) atoms. The number of hydrogen-bond acceptors (Lipinski definition) is 4. The van der Waals surface area contributed by atoms with E-state index < -0.39 is 5.60 Å². The van der Waals surface area contributed by atoms with Gasteiger partial charge in [-0.2, -0.15) is 0 Å². The number of hydrogen-bond donors (Lipinski definition) is 1. The average molecular weight is 345 g/mol. The van der Waals surface area contributed by atoms with E-state index in [1.54, 1.807) is 6.20 Å². The maximum absolute atomic E-state index is 13.0. The number of aromatic nitrogens is 1. The zero-order chi connectivity index (χ0) is 17.9. The Bertz CT molecular complexity index is 585. The second-order valence-corrected chi connectivity index (χ2v) is 8.21. The van der Waals surface area contributed by atoms with Crippen LogP contribution in [0.3, 0.4) is 0 Å². The minimum Gasteiger partial charge on any atom is -0.443 e. The van der Waals surface area contributed by atoms with Gasteiger partial charge in [-0.3, -0.25) is 4.90 Å². The topological polar surface area (TPSA) is 54.5 Å². The molecule has 5 nitrogen and oxygen atoms in total. The normalized spacial score (nSPS) is 22.0. The number of carbonyl (C=O) groups is 1. The van der Waals surface area contributed by atoms with Crippen molar-refractivity contribution in [2.24, 2.45) is 0 Å².